The third-order valence-corrected chi connectivity index (χ3v) is 7.32. The molecule has 0 aromatic heterocycles. The van der Waals surface area contributed by atoms with E-state index in [2.05, 4.69) is 13.8 Å². The molecule has 0 aliphatic carbocycles. The Morgan fingerprint density at radius 1 is 0.515 bits per heavy atom. The molecule has 1 N–H and O–H groups in total. The third-order valence-electron chi connectivity index (χ3n) is 6.88. The molecule has 0 fully saturated rings. The van der Waals surface area contributed by atoms with E-state index in [1.807, 2.05) is 0 Å². The molecule has 200 valence electrons. The van der Waals surface area contributed by atoms with Gasteiger partial charge in [0.05, 0.1) is 6.61 Å². The van der Waals surface area contributed by atoms with Crippen LogP contribution in [0.1, 0.15) is 168 Å². The van der Waals surface area contributed by atoms with Crippen LogP contribution in [0, 0.1) is 5.92 Å². The molecule has 0 saturated carbocycles. The molecule has 0 rings (SSSR count). The minimum atomic E-state index is -4.33. The zero-order chi connectivity index (χ0) is 24.5. The van der Waals surface area contributed by atoms with Crippen LogP contribution in [0.2, 0.25) is 0 Å². The largest absolute Gasteiger partial charge is 0.397 e. The number of unbranched alkanes of at least 4 members (excludes halogenated alkanes) is 20. The van der Waals surface area contributed by atoms with Crippen molar-refractivity contribution in [3.05, 3.63) is 0 Å². The fraction of sp³-hybridized carbons (Fsp3) is 1.00. The molecule has 0 bridgehead atoms. The molecule has 0 radical (unpaired) electrons. The summed E-state index contributed by atoms with van der Waals surface area (Å²) in [5.41, 5.74) is 0. The number of hydrogen-bond donors (Lipinski definition) is 1. The van der Waals surface area contributed by atoms with Crippen LogP contribution in [0.4, 0.5) is 0 Å². The molecule has 0 heterocycles. The van der Waals surface area contributed by atoms with Gasteiger partial charge in [0.15, 0.2) is 0 Å². The predicted molar refractivity (Wildman–Crippen MR) is 143 cm³/mol. The molecule has 0 saturated heterocycles. The Labute approximate surface area is 208 Å². The highest BCUT2D eigenvalue weighted by atomic mass is 32.3. The summed E-state index contributed by atoms with van der Waals surface area (Å²) in [5.74, 6) is 0.240. The lowest BCUT2D eigenvalue weighted by Crippen LogP contribution is -2.14. The zero-order valence-corrected chi connectivity index (χ0v) is 23.2. The average Bonchev–Trinajstić information content (AvgIpc) is 2.78. The molecule has 5 heteroatoms. The molecule has 33 heavy (non-hydrogen) atoms. The normalized spacial score (nSPS) is 12.9. The highest BCUT2D eigenvalue weighted by molar-refractivity contribution is 7.80. The molecular formula is C28H58O4S. The number of hydrogen-bond acceptors (Lipinski definition) is 3. The van der Waals surface area contributed by atoms with E-state index in [0.717, 1.165) is 25.7 Å². The summed E-state index contributed by atoms with van der Waals surface area (Å²) in [6.45, 7) is 4.65. The van der Waals surface area contributed by atoms with Gasteiger partial charge in [-0.05, 0) is 18.8 Å². The Hall–Kier alpha value is -0.130. The lowest BCUT2D eigenvalue weighted by atomic mass is 9.94. The van der Waals surface area contributed by atoms with Crippen LogP contribution in [0.5, 0.6) is 0 Å². The molecule has 1 unspecified atom stereocenters. The Bertz CT molecular complexity index is 478. The van der Waals surface area contributed by atoms with E-state index >= 15 is 0 Å². The maximum absolute atomic E-state index is 11.0. The summed E-state index contributed by atoms with van der Waals surface area (Å²) >= 11 is 0. The maximum Gasteiger partial charge on any atom is 0.397 e. The first-order chi connectivity index (χ1) is 16.0. The zero-order valence-electron chi connectivity index (χ0n) is 22.3. The van der Waals surface area contributed by atoms with Crippen molar-refractivity contribution >= 4 is 10.4 Å². The molecule has 0 aliphatic rings. The van der Waals surface area contributed by atoms with Gasteiger partial charge in [-0.15, -0.1) is 0 Å². The maximum atomic E-state index is 11.0. The Balaban J connectivity index is 3.73. The Morgan fingerprint density at radius 3 is 1.06 bits per heavy atom. The molecule has 0 aromatic carbocycles. The molecular weight excluding hydrogens is 432 g/mol. The Kier molecular flexibility index (Phi) is 24.9. The molecule has 1 atom stereocenters. The van der Waals surface area contributed by atoms with Crippen LogP contribution in [-0.2, 0) is 14.6 Å². The second-order valence-electron chi connectivity index (χ2n) is 10.2. The van der Waals surface area contributed by atoms with Crippen LogP contribution < -0.4 is 0 Å². The Morgan fingerprint density at radius 2 is 0.788 bits per heavy atom. The fourth-order valence-electron chi connectivity index (χ4n) is 4.69. The molecule has 4 nitrogen and oxygen atoms in total. The summed E-state index contributed by atoms with van der Waals surface area (Å²) in [4.78, 5) is 0. The van der Waals surface area contributed by atoms with Crippen molar-refractivity contribution in [2.75, 3.05) is 6.61 Å². The lowest BCUT2D eigenvalue weighted by Gasteiger charge is -2.16. The van der Waals surface area contributed by atoms with E-state index in [-0.39, 0.29) is 12.5 Å². The van der Waals surface area contributed by atoms with Crippen molar-refractivity contribution in [1.29, 1.82) is 0 Å². The minimum absolute atomic E-state index is 0.133. The van der Waals surface area contributed by atoms with Crippen molar-refractivity contribution in [1.82, 2.24) is 0 Å². The van der Waals surface area contributed by atoms with E-state index in [9.17, 15) is 8.42 Å². The summed E-state index contributed by atoms with van der Waals surface area (Å²) in [6.07, 6.45) is 31.1. The lowest BCUT2D eigenvalue weighted by molar-refractivity contribution is 0.204. The van der Waals surface area contributed by atoms with E-state index < -0.39 is 10.4 Å². The highest BCUT2D eigenvalue weighted by Crippen LogP contribution is 2.21. The van der Waals surface area contributed by atoms with Crippen molar-refractivity contribution in [2.24, 2.45) is 5.92 Å². The van der Waals surface area contributed by atoms with Gasteiger partial charge in [-0.2, -0.15) is 8.42 Å². The standard InChI is InChI=1S/C28H58O4S/c1-3-5-7-9-11-13-14-15-16-18-20-22-24-26-28(27-32-33(29,30)31)25-23-21-19-17-12-10-8-6-4-2/h28H,3-27H2,1-2H3,(H,29,30,31). The fourth-order valence-corrected chi connectivity index (χ4v) is 5.05. The van der Waals surface area contributed by atoms with Gasteiger partial charge in [-0.3, -0.25) is 4.55 Å². The van der Waals surface area contributed by atoms with Crippen molar-refractivity contribution in [3.8, 4) is 0 Å². The monoisotopic (exact) mass is 490 g/mol. The van der Waals surface area contributed by atoms with E-state index in [1.165, 1.54) is 128 Å². The smallest absolute Gasteiger partial charge is 0.264 e. The molecule has 0 amide bonds. The molecule has 0 aromatic rings. The van der Waals surface area contributed by atoms with Gasteiger partial charge >= 0.3 is 10.4 Å². The first-order valence-corrected chi connectivity index (χ1v) is 16.0. The van der Waals surface area contributed by atoms with Gasteiger partial charge in [-0.25, -0.2) is 4.18 Å². The molecule has 0 aliphatic heterocycles. The molecule has 0 spiro atoms. The summed E-state index contributed by atoms with van der Waals surface area (Å²) in [6, 6.07) is 0. The van der Waals surface area contributed by atoms with E-state index in [1.54, 1.807) is 0 Å². The van der Waals surface area contributed by atoms with Crippen molar-refractivity contribution < 1.29 is 17.2 Å². The van der Waals surface area contributed by atoms with Gasteiger partial charge in [0.1, 0.15) is 0 Å². The average molecular weight is 491 g/mol. The third kappa shape index (κ3) is 28.0. The van der Waals surface area contributed by atoms with E-state index in [0.29, 0.717) is 0 Å². The van der Waals surface area contributed by atoms with Crippen molar-refractivity contribution in [2.45, 2.75) is 168 Å². The van der Waals surface area contributed by atoms with Crippen LogP contribution >= 0.6 is 0 Å². The summed E-state index contributed by atoms with van der Waals surface area (Å²) < 4.78 is 35.6. The number of rotatable bonds is 27. The van der Waals surface area contributed by atoms with Gasteiger partial charge in [0.25, 0.3) is 0 Å². The second-order valence-corrected chi connectivity index (χ2v) is 11.3. The van der Waals surface area contributed by atoms with Crippen LogP contribution in [-0.4, -0.2) is 19.6 Å². The van der Waals surface area contributed by atoms with Crippen LogP contribution in [0.15, 0.2) is 0 Å². The topological polar surface area (TPSA) is 63.6 Å². The first-order valence-electron chi connectivity index (χ1n) is 14.6. The van der Waals surface area contributed by atoms with Crippen LogP contribution in [0.25, 0.3) is 0 Å². The summed E-state index contributed by atoms with van der Waals surface area (Å²) in [7, 11) is -4.33. The summed E-state index contributed by atoms with van der Waals surface area (Å²) in [5, 5.41) is 0. The van der Waals surface area contributed by atoms with Gasteiger partial charge in [-0.1, -0.05) is 155 Å². The first kappa shape index (κ1) is 32.9. The van der Waals surface area contributed by atoms with Gasteiger partial charge in [0, 0.05) is 0 Å². The highest BCUT2D eigenvalue weighted by Gasteiger charge is 2.13. The van der Waals surface area contributed by atoms with E-state index in [4.69, 9.17) is 8.74 Å². The van der Waals surface area contributed by atoms with Crippen LogP contribution in [0.3, 0.4) is 0 Å². The van der Waals surface area contributed by atoms with Crippen molar-refractivity contribution in [3.63, 3.8) is 0 Å². The van der Waals surface area contributed by atoms with Gasteiger partial charge < -0.3 is 0 Å². The van der Waals surface area contributed by atoms with Gasteiger partial charge in [0.2, 0.25) is 0 Å². The minimum Gasteiger partial charge on any atom is -0.264 e. The predicted octanol–water partition coefficient (Wildman–Crippen LogP) is 9.82. The quantitative estimate of drug-likeness (QED) is 0.0919. The second kappa shape index (κ2) is 25.0. The SMILES string of the molecule is CCCCCCCCCCCCCCCC(CCCCCCCCCCC)COS(=O)(=O)O.